The number of hydrogen-bond donors (Lipinski definition) is 3. The topological polar surface area (TPSA) is 101 Å². The largest absolute Gasteiger partial charge is 0.330 e. The van der Waals surface area contributed by atoms with Crippen LogP contribution in [0.3, 0.4) is 0 Å². The highest BCUT2D eigenvalue weighted by molar-refractivity contribution is 7.89. The molecule has 1 amide bonds. The zero-order valence-corrected chi connectivity index (χ0v) is 14.9. The molecule has 134 valence electrons. The minimum atomic E-state index is -4.08. The standard InChI is InChI=1S/C15H21ClFN3O3S/c1-9(21)19-14-7-12(17)15(6-11(14)16)24(22,23)20-13-5-3-2-4-10(13)8-18/h6-7,10,13,20H,2-5,8,18H2,1H3,(H,19,21). The molecule has 1 aliphatic rings. The van der Waals surface area contributed by atoms with Crippen molar-refractivity contribution in [3.8, 4) is 0 Å². The lowest BCUT2D eigenvalue weighted by Crippen LogP contribution is -2.44. The van der Waals surface area contributed by atoms with Crippen molar-refractivity contribution in [3.63, 3.8) is 0 Å². The van der Waals surface area contributed by atoms with E-state index in [4.69, 9.17) is 17.3 Å². The molecule has 0 aromatic heterocycles. The van der Waals surface area contributed by atoms with Gasteiger partial charge in [-0.15, -0.1) is 0 Å². The number of hydrogen-bond acceptors (Lipinski definition) is 4. The molecule has 1 aromatic rings. The molecule has 1 aromatic carbocycles. The van der Waals surface area contributed by atoms with E-state index in [-0.39, 0.29) is 22.7 Å². The summed E-state index contributed by atoms with van der Waals surface area (Å²) in [5, 5.41) is 2.30. The van der Waals surface area contributed by atoms with Crippen LogP contribution in [0, 0.1) is 11.7 Å². The first-order valence-corrected chi connectivity index (χ1v) is 9.59. The Kier molecular flexibility index (Phi) is 6.19. The quantitative estimate of drug-likeness (QED) is 0.732. The van der Waals surface area contributed by atoms with Crippen molar-refractivity contribution in [1.82, 2.24) is 4.72 Å². The van der Waals surface area contributed by atoms with E-state index in [9.17, 15) is 17.6 Å². The third kappa shape index (κ3) is 4.44. The van der Waals surface area contributed by atoms with Gasteiger partial charge in [0.15, 0.2) is 0 Å². The number of amides is 1. The predicted molar refractivity (Wildman–Crippen MR) is 90.8 cm³/mol. The lowest BCUT2D eigenvalue weighted by atomic mass is 9.85. The summed E-state index contributed by atoms with van der Waals surface area (Å²) in [6, 6.07) is 1.59. The summed E-state index contributed by atoms with van der Waals surface area (Å²) in [6.07, 6.45) is 3.41. The monoisotopic (exact) mass is 377 g/mol. The van der Waals surface area contributed by atoms with E-state index >= 15 is 0 Å². The predicted octanol–water partition coefficient (Wildman–Crippen LogP) is 2.23. The Morgan fingerprint density at radius 2 is 2.04 bits per heavy atom. The molecule has 0 heterocycles. The van der Waals surface area contributed by atoms with Crippen molar-refractivity contribution in [2.45, 2.75) is 43.5 Å². The molecule has 0 spiro atoms. The SMILES string of the molecule is CC(=O)Nc1cc(F)c(S(=O)(=O)NC2CCCCC2CN)cc1Cl. The van der Waals surface area contributed by atoms with Gasteiger partial charge in [0.1, 0.15) is 10.7 Å². The summed E-state index contributed by atoms with van der Waals surface area (Å²) in [5.74, 6) is -1.38. The lowest BCUT2D eigenvalue weighted by molar-refractivity contribution is -0.114. The number of carbonyl (C=O) groups is 1. The minimum Gasteiger partial charge on any atom is -0.330 e. The fourth-order valence-electron chi connectivity index (χ4n) is 2.93. The van der Waals surface area contributed by atoms with Gasteiger partial charge in [-0.2, -0.15) is 0 Å². The highest BCUT2D eigenvalue weighted by atomic mass is 35.5. The van der Waals surface area contributed by atoms with Crippen LogP contribution in [0.25, 0.3) is 0 Å². The number of halogens is 2. The fraction of sp³-hybridized carbons (Fsp3) is 0.533. The van der Waals surface area contributed by atoms with Crippen LogP contribution in [0.4, 0.5) is 10.1 Å². The van der Waals surface area contributed by atoms with E-state index in [0.717, 1.165) is 31.4 Å². The molecule has 0 bridgehead atoms. The molecular formula is C15H21ClFN3O3S. The molecule has 2 unspecified atom stereocenters. The van der Waals surface area contributed by atoms with Gasteiger partial charge >= 0.3 is 0 Å². The second-order valence-corrected chi connectivity index (χ2v) is 8.04. The van der Waals surface area contributed by atoms with Gasteiger partial charge in [-0.05, 0) is 31.4 Å². The van der Waals surface area contributed by atoms with Gasteiger partial charge in [0.2, 0.25) is 15.9 Å². The summed E-state index contributed by atoms with van der Waals surface area (Å²) in [4.78, 5) is 10.5. The normalized spacial score (nSPS) is 21.5. The summed E-state index contributed by atoms with van der Waals surface area (Å²) in [5.41, 5.74) is 5.73. The number of carbonyl (C=O) groups excluding carboxylic acids is 1. The summed E-state index contributed by atoms with van der Waals surface area (Å²) in [6.45, 7) is 1.62. The van der Waals surface area contributed by atoms with E-state index in [1.54, 1.807) is 0 Å². The van der Waals surface area contributed by atoms with Crippen LogP contribution >= 0.6 is 11.6 Å². The molecule has 0 radical (unpaired) electrons. The van der Waals surface area contributed by atoms with Gasteiger partial charge in [-0.1, -0.05) is 24.4 Å². The van der Waals surface area contributed by atoms with E-state index in [2.05, 4.69) is 10.0 Å². The van der Waals surface area contributed by atoms with Crippen LogP contribution in [-0.4, -0.2) is 26.9 Å². The Hall–Kier alpha value is -1.22. The third-order valence-corrected chi connectivity index (χ3v) is 5.96. The first-order chi connectivity index (χ1) is 11.2. The van der Waals surface area contributed by atoms with Crippen LogP contribution in [0.2, 0.25) is 5.02 Å². The molecule has 2 atom stereocenters. The van der Waals surface area contributed by atoms with Crippen molar-refractivity contribution in [2.24, 2.45) is 11.7 Å². The zero-order valence-electron chi connectivity index (χ0n) is 13.3. The highest BCUT2D eigenvalue weighted by Crippen LogP contribution is 2.30. The Labute approximate surface area is 146 Å². The molecule has 6 nitrogen and oxygen atoms in total. The van der Waals surface area contributed by atoms with E-state index in [0.29, 0.717) is 13.0 Å². The second-order valence-electron chi connectivity index (χ2n) is 5.95. The Morgan fingerprint density at radius 1 is 1.38 bits per heavy atom. The number of anilines is 1. The van der Waals surface area contributed by atoms with Crippen LogP contribution in [0.1, 0.15) is 32.6 Å². The van der Waals surface area contributed by atoms with E-state index in [1.807, 2.05) is 0 Å². The number of benzene rings is 1. The molecule has 1 aliphatic carbocycles. The average molecular weight is 378 g/mol. The molecule has 2 rings (SSSR count). The van der Waals surface area contributed by atoms with Gasteiger partial charge in [0.05, 0.1) is 10.7 Å². The van der Waals surface area contributed by atoms with Gasteiger partial charge in [0.25, 0.3) is 0 Å². The molecule has 9 heteroatoms. The number of nitrogens with two attached hydrogens (primary N) is 1. The van der Waals surface area contributed by atoms with Crippen LogP contribution in [0.5, 0.6) is 0 Å². The lowest BCUT2D eigenvalue weighted by Gasteiger charge is -2.31. The summed E-state index contributed by atoms with van der Waals surface area (Å²) < 4.78 is 41.9. The van der Waals surface area contributed by atoms with E-state index in [1.165, 1.54) is 6.92 Å². The van der Waals surface area contributed by atoms with E-state index < -0.39 is 26.6 Å². The Balaban J connectivity index is 2.28. The Bertz CT molecular complexity index is 727. The second kappa shape index (κ2) is 7.77. The Morgan fingerprint density at radius 3 is 2.67 bits per heavy atom. The van der Waals surface area contributed by atoms with Gasteiger partial charge < -0.3 is 11.1 Å². The molecular weight excluding hydrogens is 357 g/mol. The van der Waals surface area contributed by atoms with Gasteiger partial charge in [-0.3, -0.25) is 4.79 Å². The minimum absolute atomic E-state index is 0.0260. The highest BCUT2D eigenvalue weighted by Gasteiger charge is 2.30. The van der Waals surface area contributed by atoms with Crippen LogP contribution < -0.4 is 15.8 Å². The maximum absolute atomic E-state index is 14.3. The van der Waals surface area contributed by atoms with Crippen LogP contribution in [0.15, 0.2) is 17.0 Å². The first kappa shape index (κ1) is 19.1. The van der Waals surface area contributed by atoms with Crippen molar-refractivity contribution in [2.75, 3.05) is 11.9 Å². The summed E-state index contributed by atoms with van der Waals surface area (Å²) in [7, 11) is -4.08. The molecule has 1 fully saturated rings. The molecule has 24 heavy (non-hydrogen) atoms. The first-order valence-electron chi connectivity index (χ1n) is 7.73. The molecule has 0 aliphatic heterocycles. The maximum Gasteiger partial charge on any atom is 0.243 e. The van der Waals surface area contributed by atoms with Gasteiger partial charge in [-0.25, -0.2) is 17.5 Å². The molecule has 0 saturated heterocycles. The van der Waals surface area contributed by atoms with Gasteiger partial charge in [0, 0.05) is 19.0 Å². The smallest absolute Gasteiger partial charge is 0.243 e. The van der Waals surface area contributed by atoms with Crippen molar-refractivity contribution >= 4 is 33.2 Å². The maximum atomic E-state index is 14.3. The molecule has 1 saturated carbocycles. The number of nitrogens with one attached hydrogen (secondary N) is 2. The number of sulfonamides is 1. The number of rotatable bonds is 5. The fourth-order valence-corrected chi connectivity index (χ4v) is 4.63. The van der Waals surface area contributed by atoms with Crippen molar-refractivity contribution in [1.29, 1.82) is 0 Å². The zero-order chi connectivity index (χ0) is 17.9. The summed E-state index contributed by atoms with van der Waals surface area (Å²) >= 11 is 5.96. The van der Waals surface area contributed by atoms with Crippen molar-refractivity contribution < 1.29 is 17.6 Å². The van der Waals surface area contributed by atoms with Crippen LogP contribution in [-0.2, 0) is 14.8 Å². The third-order valence-electron chi connectivity index (χ3n) is 4.14. The average Bonchev–Trinajstić information content (AvgIpc) is 2.50. The van der Waals surface area contributed by atoms with Crippen molar-refractivity contribution in [3.05, 3.63) is 23.0 Å². The molecule has 4 N–H and O–H groups in total.